The van der Waals surface area contributed by atoms with E-state index in [1.54, 1.807) is 7.05 Å². The Morgan fingerprint density at radius 2 is 2.00 bits per heavy atom. The van der Waals surface area contributed by atoms with E-state index in [0.29, 0.717) is 5.69 Å². The summed E-state index contributed by atoms with van der Waals surface area (Å²) in [5.41, 5.74) is 5.12. The minimum Gasteiger partial charge on any atom is -0.354 e. The summed E-state index contributed by atoms with van der Waals surface area (Å²) >= 11 is 0. The Morgan fingerprint density at radius 1 is 1.16 bits per heavy atom. The predicted octanol–water partition coefficient (Wildman–Crippen LogP) is 3.52. The molecule has 0 radical (unpaired) electrons. The average Bonchev–Trinajstić information content (AvgIpc) is 3.20. The maximum Gasteiger partial charge on any atom is 0.293 e. The average molecular weight is 331 g/mol. The lowest BCUT2D eigenvalue weighted by molar-refractivity contribution is 0.101. The molecular weight excluding hydrogens is 314 g/mol. The molecule has 0 unspecified atom stereocenters. The number of anilines is 1. The Kier molecular flexibility index (Phi) is 3.57. The molecular formula is C19H17N5O. The number of nitrogens with zero attached hydrogens (tertiary/aromatic N) is 3. The minimum atomic E-state index is -0.287. The number of carbonyl (C=O) groups excluding carboxylic acids is 1. The maximum atomic E-state index is 12.3. The van der Waals surface area contributed by atoms with Crippen molar-refractivity contribution in [3.63, 3.8) is 0 Å². The highest BCUT2D eigenvalue weighted by molar-refractivity contribution is 6.02. The lowest BCUT2D eigenvalue weighted by Gasteiger charge is -2.04. The van der Waals surface area contributed by atoms with Crippen LogP contribution in [0.1, 0.15) is 16.2 Å². The number of nitrogens with one attached hydrogen (secondary N) is 2. The van der Waals surface area contributed by atoms with Crippen molar-refractivity contribution in [1.82, 2.24) is 19.7 Å². The van der Waals surface area contributed by atoms with Crippen LogP contribution in [0.25, 0.3) is 22.2 Å². The first-order valence-electron chi connectivity index (χ1n) is 7.96. The van der Waals surface area contributed by atoms with Crippen LogP contribution in [0.5, 0.6) is 0 Å². The minimum absolute atomic E-state index is 0.271. The summed E-state index contributed by atoms with van der Waals surface area (Å²) in [5.74, 6) is -0.0165. The maximum absolute atomic E-state index is 12.3. The molecule has 25 heavy (non-hydrogen) atoms. The fourth-order valence-corrected chi connectivity index (χ4v) is 2.91. The molecule has 2 aromatic heterocycles. The topological polar surface area (TPSA) is 75.6 Å². The van der Waals surface area contributed by atoms with Gasteiger partial charge >= 0.3 is 0 Å². The van der Waals surface area contributed by atoms with Gasteiger partial charge in [0.05, 0.1) is 0 Å². The van der Waals surface area contributed by atoms with Crippen LogP contribution >= 0.6 is 0 Å². The molecule has 0 saturated heterocycles. The zero-order valence-corrected chi connectivity index (χ0v) is 13.9. The van der Waals surface area contributed by atoms with Gasteiger partial charge in [0.1, 0.15) is 6.33 Å². The van der Waals surface area contributed by atoms with Gasteiger partial charge in [0.2, 0.25) is 5.82 Å². The van der Waals surface area contributed by atoms with Crippen LogP contribution in [0.3, 0.4) is 0 Å². The van der Waals surface area contributed by atoms with Gasteiger partial charge in [-0.2, -0.15) is 5.10 Å². The Morgan fingerprint density at radius 3 is 2.76 bits per heavy atom. The smallest absolute Gasteiger partial charge is 0.293 e. The molecule has 2 heterocycles. The summed E-state index contributed by atoms with van der Waals surface area (Å²) in [6.45, 7) is 2.09. The van der Waals surface area contributed by atoms with E-state index in [1.807, 2.05) is 30.3 Å². The first kappa shape index (κ1) is 15.1. The fourth-order valence-electron chi connectivity index (χ4n) is 2.91. The van der Waals surface area contributed by atoms with Crippen molar-refractivity contribution in [3.05, 3.63) is 66.2 Å². The van der Waals surface area contributed by atoms with Crippen molar-refractivity contribution in [2.24, 2.45) is 7.05 Å². The summed E-state index contributed by atoms with van der Waals surface area (Å²) in [6, 6.07) is 16.1. The Bertz CT molecular complexity index is 1080. The molecule has 1 amide bonds. The summed E-state index contributed by atoms with van der Waals surface area (Å²) in [4.78, 5) is 19.6. The van der Waals surface area contributed by atoms with Crippen LogP contribution in [0.15, 0.2) is 54.9 Å². The molecule has 2 aromatic carbocycles. The Balaban J connectivity index is 1.66. The van der Waals surface area contributed by atoms with Gasteiger partial charge in [-0.1, -0.05) is 30.3 Å². The fraction of sp³-hybridized carbons (Fsp3) is 0.105. The summed E-state index contributed by atoms with van der Waals surface area (Å²) < 4.78 is 1.44. The first-order valence-corrected chi connectivity index (χ1v) is 7.96. The Hall–Kier alpha value is -3.41. The van der Waals surface area contributed by atoms with Crippen molar-refractivity contribution in [3.8, 4) is 11.3 Å². The number of aromatic amines is 1. The number of fused-ring (bicyclic) bond motifs is 1. The van der Waals surface area contributed by atoms with Gasteiger partial charge < -0.3 is 10.3 Å². The van der Waals surface area contributed by atoms with Crippen LogP contribution in [0, 0.1) is 6.92 Å². The highest BCUT2D eigenvalue weighted by Crippen LogP contribution is 2.28. The third kappa shape index (κ3) is 2.78. The second-order valence-corrected chi connectivity index (χ2v) is 5.96. The Labute approximate surface area is 144 Å². The monoisotopic (exact) mass is 331 g/mol. The molecule has 0 spiro atoms. The van der Waals surface area contributed by atoms with Crippen LogP contribution < -0.4 is 5.32 Å². The number of aromatic nitrogens is 4. The van der Waals surface area contributed by atoms with E-state index in [9.17, 15) is 4.79 Å². The third-order valence-electron chi connectivity index (χ3n) is 4.23. The lowest BCUT2D eigenvalue weighted by atomic mass is 10.1. The van der Waals surface area contributed by atoms with Gasteiger partial charge in [0, 0.05) is 34.9 Å². The number of H-pyrrole nitrogens is 1. The molecule has 6 heteroatoms. The molecule has 0 aliphatic carbocycles. The quantitative estimate of drug-likeness (QED) is 0.603. The van der Waals surface area contributed by atoms with Gasteiger partial charge in [-0.15, -0.1) is 0 Å². The van der Waals surface area contributed by atoms with E-state index in [4.69, 9.17) is 0 Å². The van der Waals surface area contributed by atoms with Crippen LogP contribution in [0.2, 0.25) is 0 Å². The third-order valence-corrected chi connectivity index (χ3v) is 4.23. The molecule has 0 saturated carbocycles. The molecule has 124 valence electrons. The van der Waals surface area contributed by atoms with E-state index >= 15 is 0 Å². The van der Waals surface area contributed by atoms with Gasteiger partial charge in [-0.05, 0) is 30.7 Å². The van der Waals surface area contributed by atoms with Crippen LogP contribution in [-0.2, 0) is 7.05 Å². The van der Waals surface area contributed by atoms with E-state index in [0.717, 1.165) is 16.6 Å². The van der Waals surface area contributed by atoms with E-state index < -0.39 is 0 Å². The number of amides is 1. The predicted molar refractivity (Wildman–Crippen MR) is 97.4 cm³/mol. The van der Waals surface area contributed by atoms with Crippen molar-refractivity contribution in [2.75, 3.05) is 5.32 Å². The standard InChI is InChI=1S/C19H17N5O/c1-12-5-3-4-6-15(12)17-9-13-7-8-14(10-16(13)23-17)22-19(25)18-20-11-21-24(18)2/h3-11,23H,1-2H3,(H,22,25). The van der Waals surface area contributed by atoms with Crippen molar-refractivity contribution >= 4 is 22.5 Å². The number of rotatable bonds is 3. The number of aryl methyl sites for hydroxylation is 2. The highest BCUT2D eigenvalue weighted by atomic mass is 16.2. The molecule has 0 fully saturated rings. The van der Waals surface area contributed by atoms with Gasteiger partial charge in [-0.25, -0.2) is 9.67 Å². The first-order chi connectivity index (χ1) is 12.1. The summed E-state index contributed by atoms with van der Waals surface area (Å²) in [6.07, 6.45) is 1.36. The summed E-state index contributed by atoms with van der Waals surface area (Å²) in [5, 5.41) is 7.86. The molecule has 2 N–H and O–H groups in total. The largest absolute Gasteiger partial charge is 0.354 e. The molecule has 0 aliphatic heterocycles. The van der Waals surface area contributed by atoms with Gasteiger partial charge in [-0.3, -0.25) is 4.79 Å². The number of carbonyl (C=O) groups is 1. The molecule has 6 nitrogen and oxygen atoms in total. The van der Waals surface area contributed by atoms with Crippen molar-refractivity contribution < 1.29 is 4.79 Å². The van der Waals surface area contributed by atoms with Crippen molar-refractivity contribution in [2.45, 2.75) is 6.92 Å². The number of hydrogen-bond acceptors (Lipinski definition) is 3. The van der Waals surface area contributed by atoms with E-state index in [1.165, 1.54) is 22.1 Å². The second kappa shape index (κ2) is 5.90. The van der Waals surface area contributed by atoms with E-state index in [2.05, 4.69) is 45.5 Å². The highest BCUT2D eigenvalue weighted by Gasteiger charge is 2.13. The normalized spacial score (nSPS) is 11.0. The molecule has 4 rings (SSSR count). The molecule has 0 bridgehead atoms. The van der Waals surface area contributed by atoms with E-state index in [-0.39, 0.29) is 11.7 Å². The van der Waals surface area contributed by atoms with Crippen molar-refractivity contribution in [1.29, 1.82) is 0 Å². The second-order valence-electron chi connectivity index (χ2n) is 5.96. The molecule has 0 atom stereocenters. The number of benzene rings is 2. The zero-order chi connectivity index (χ0) is 17.4. The SMILES string of the molecule is Cc1ccccc1-c1cc2ccc(NC(=O)c3ncnn3C)cc2[nH]1. The van der Waals surface area contributed by atoms with Gasteiger partial charge in [0.15, 0.2) is 0 Å². The molecule has 4 aromatic rings. The summed E-state index contributed by atoms with van der Waals surface area (Å²) in [7, 11) is 1.69. The molecule has 0 aliphatic rings. The lowest BCUT2D eigenvalue weighted by Crippen LogP contribution is -2.17. The van der Waals surface area contributed by atoms with Gasteiger partial charge in [0.25, 0.3) is 5.91 Å². The zero-order valence-electron chi connectivity index (χ0n) is 13.9. The van der Waals surface area contributed by atoms with Crippen LogP contribution in [-0.4, -0.2) is 25.7 Å². The number of hydrogen-bond donors (Lipinski definition) is 2. The van der Waals surface area contributed by atoms with Crippen LogP contribution in [0.4, 0.5) is 5.69 Å².